The molecule has 0 spiro atoms. The van der Waals surface area contributed by atoms with E-state index < -0.39 is 65.4 Å². The number of para-hydroxylation sites is 1. The lowest BCUT2D eigenvalue weighted by atomic mass is 9.39. The molecule has 7 aromatic rings. The van der Waals surface area contributed by atoms with Crippen LogP contribution < -0.4 is 32.3 Å². The predicted octanol–water partition coefficient (Wildman–Crippen LogP) is 10.1. The van der Waals surface area contributed by atoms with Crippen molar-refractivity contribution in [2.75, 3.05) is 43.0 Å². The van der Waals surface area contributed by atoms with E-state index in [-0.39, 0.29) is 110 Å². The molecule has 4 aliphatic carbocycles. The Balaban J connectivity index is 0.743. The Kier molecular flexibility index (Phi) is 21.7. The number of benzene rings is 4. The second kappa shape index (κ2) is 30.4. The topological polar surface area (TPSA) is 371 Å². The third-order valence-electron chi connectivity index (χ3n) is 20.0. The summed E-state index contributed by atoms with van der Waals surface area (Å²) in [5.74, 6) is -5.83. The number of carbonyl (C=O) groups is 10. The SMILES string of the molecule is Cc1c(-c2ccc(-c3ccc4cccc(C(=O)Nc5nc6ccccc6s5)c4c3)nc2C(=O)O)cnn1CC12CC3(C)CC(C)(C1)CC(OCCN(CCC(=O)O)C(=O)OCc1ccc(N(C(=O)[C@@H](NC(=O)CCCCCN4C(=O)C=CC4=O)C(C)C)[C@@H](CCCNC(N)=O)C(N)=O)cc1)(C3)C2. The number of unbranched alkanes of at least 4 members (excludes halogenated alkanes) is 2. The number of aromatic carboxylic acids is 1. The number of rotatable bonds is 32. The van der Waals surface area contributed by atoms with Crippen molar-refractivity contribution in [2.45, 2.75) is 149 Å². The molecule has 0 radical (unpaired) electrons. The molecule has 27 heteroatoms. The molecule has 26 nitrogen and oxygen atoms in total. The van der Waals surface area contributed by atoms with Crippen molar-refractivity contribution in [3.8, 4) is 22.4 Å². The Bertz CT molecular complexity index is 4380. The fraction of sp³-hybridized carbons (Fsp3) is 0.427. The van der Waals surface area contributed by atoms with Crippen LogP contribution in [0, 0.1) is 29.1 Å². The van der Waals surface area contributed by atoms with Crippen LogP contribution in [0.2, 0.25) is 0 Å². The van der Waals surface area contributed by atoms with Gasteiger partial charge in [-0.05, 0) is 158 Å². The number of aromatic nitrogens is 4. The van der Waals surface area contributed by atoms with Crippen molar-refractivity contribution < 1.29 is 67.6 Å². The number of urea groups is 1. The van der Waals surface area contributed by atoms with Gasteiger partial charge in [-0.1, -0.05) is 94.0 Å². The van der Waals surface area contributed by atoms with E-state index in [1.165, 1.54) is 33.3 Å². The summed E-state index contributed by atoms with van der Waals surface area (Å²) in [4.78, 5) is 143. The third kappa shape index (κ3) is 16.6. The third-order valence-corrected chi connectivity index (χ3v) is 21.0. The van der Waals surface area contributed by atoms with E-state index in [0.29, 0.717) is 76.3 Å². The first-order valence-electron chi connectivity index (χ1n) is 34.4. The van der Waals surface area contributed by atoms with Crippen LogP contribution in [0.25, 0.3) is 43.4 Å². The number of thiazole rings is 1. The molecular weight excluding hydrogens is 1320 g/mol. The average molecular weight is 1410 g/mol. The monoisotopic (exact) mass is 1410 g/mol. The molecule has 5 aliphatic rings. The van der Waals surface area contributed by atoms with Crippen LogP contribution in [-0.2, 0) is 51.4 Å². The normalized spacial score (nSPS) is 20.2. The van der Waals surface area contributed by atoms with Gasteiger partial charge in [-0.3, -0.25) is 53.4 Å². The van der Waals surface area contributed by atoms with Gasteiger partial charge >= 0.3 is 24.1 Å². The van der Waals surface area contributed by atoms with E-state index in [1.807, 2.05) is 66.2 Å². The van der Waals surface area contributed by atoms with Crippen LogP contribution in [-0.4, -0.2) is 150 Å². The number of nitrogens with zero attached hydrogens (tertiary/aromatic N) is 7. The molecular formula is C75H86N12O14S. The number of carboxylic acids is 2. The van der Waals surface area contributed by atoms with Crippen molar-refractivity contribution in [2.24, 2.45) is 33.6 Å². The fourth-order valence-corrected chi connectivity index (χ4v) is 17.5. The minimum atomic E-state index is -1.25. The number of fused-ring (bicyclic) bond motifs is 2. The molecule has 0 saturated heterocycles. The molecule has 4 fully saturated rings. The molecule has 9 amide bonds. The number of ether oxygens (including phenoxy) is 2. The Morgan fingerprint density at radius 3 is 2.20 bits per heavy atom. The highest BCUT2D eigenvalue weighted by Gasteiger charge is 2.66. The minimum absolute atomic E-state index is 0.00415. The van der Waals surface area contributed by atoms with Gasteiger partial charge in [0.1, 0.15) is 18.7 Å². The smallest absolute Gasteiger partial charge is 0.410 e. The summed E-state index contributed by atoms with van der Waals surface area (Å²) >= 11 is 1.38. The predicted molar refractivity (Wildman–Crippen MR) is 382 cm³/mol. The van der Waals surface area contributed by atoms with Gasteiger partial charge in [-0.25, -0.2) is 24.4 Å². The van der Waals surface area contributed by atoms with E-state index in [0.717, 1.165) is 58.3 Å². The molecule has 12 rings (SSSR count). The first kappa shape index (κ1) is 72.8. The molecule has 536 valence electrons. The van der Waals surface area contributed by atoms with E-state index in [2.05, 4.69) is 34.8 Å². The maximum atomic E-state index is 14.8. The molecule has 2 unspecified atom stereocenters. The van der Waals surface area contributed by atoms with E-state index in [4.69, 9.17) is 31.0 Å². The van der Waals surface area contributed by atoms with Crippen molar-refractivity contribution in [1.29, 1.82) is 0 Å². The zero-order valence-electron chi connectivity index (χ0n) is 57.8. The largest absolute Gasteiger partial charge is 0.481 e. The first-order valence-corrected chi connectivity index (χ1v) is 35.3. The first-order chi connectivity index (χ1) is 48.6. The maximum Gasteiger partial charge on any atom is 0.410 e. The number of aliphatic carboxylic acids is 1. The molecule has 4 heterocycles. The van der Waals surface area contributed by atoms with Gasteiger partial charge in [0.15, 0.2) is 10.8 Å². The second-order valence-corrected chi connectivity index (χ2v) is 29.8. The lowest BCUT2D eigenvalue weighted by Gasteiger charge is -2.69. The van der Waals surface area contributed by atoms with Crippen molar-refractivity contribution in [3.05, 3.63) is 138 Å². The Hall–Kier alpha value is -10.4. The number of primary amides is 2. The van der Waals surface area contributed by atoms with Crippen LogP contribution >= 0.6 is 11.3 Å². The second-order valence-electron chi connectivity index (χ2n) is 28.8. The summed E-state index contributed by atoms with van der Waals surface area (Å²) in [5.41, 5.74) is 14.8. The molecule has 102 heavy (non-hydrogen) atoms. The Labute approximate surface area is 593 Å². The fourth-order valence-electron chi connectivity index (χ4n) is 16.6. The summed E-state index contributed by atoms with van der Waals surface area (Å²) < 4.78 is 15.8. The zero-order chi connectivity index (χ0) is 72.8. The van der Waals surface area contributed by atoms with Crippen molar-refractivity contribution in [1.82, 2.24) is 40.2 Å². The molecule has 4 bridgehead atoms. The lowest BCUT2D eigenvalue weighted by Crippen LogP contribution is -2.64. The molecule has 4 atom stereocenters. The number of nitrogens with one attached hydrogen (secondary N) is 3. The lowest BCUT2D eigenvalue weighted by molar-refractivity contribution is -0.248. The highest BCUT2D eigenvalue weighted by molar-refractivity contribution is 7.22. The summed E-state index contributed by atoms with van der Waals surface area (Å²) in [6.45, 7) is 10.5. The number of pyridine rings is 1. The van der Waals surface area contributed by atoms with Gasteiger partial charge in [0.25, 0.3) is 23.6 Å². The number of nitrogens with two attached hydrogens (primary N) is 2. The zero-order valence-corrected chi connectivity index (χ0v) is 58.6. The van der Waals surface area contributed by atoms with Gasteiger partial charge in [0.05, 0.1) is 40.7 Å². The Morgan fingerprint density at radius 1 is 0.775 bits per heavy atom. The number of carboxylic acid groups (broad SMARTS) is 2. The van der Waals surface area contributed by atoms with Gasteiger partial charge in [0, 0.05) is 84.9 Å². The number of amides is 9. The molecule has 4 aromatic carbocycles. The van der Waals surface area contributed by atoms with Crippen LogP contribution in [0.3, 0.4) is 0 Å². The molecule has 1 aliphatic heterocycles. The number of hydrogen-bond donors (Lipinski definition) is 7. The van der Waals surface area contributed by atoms with Crippen LogP contribution in [0.5, 0.6) is 0 Å². The van der Waals surface area contributed by atoms with E-state index in [1.54, 1.807) is 62.5 Å². The van der Waals surface area contributed by atoms with E-state index >= 15 is 0 Å². The van der Waals surface area contributed by atoms with Gasteiger partial charge < -0.3 is 46.7 Å². The van der Waals surface area contributed by atoms with Gasteiger partial charge in [-0.15, -0.1) is 0 Å². The van der Waals surface area contributed by atoms with Crippen molar-refractivity contribution in [3.63, 3.8) is 0 Å². The summed E-state index contributed by atoms with van der Waals surface area (Å²) in [7, 11) is 0. The Morgan fingerprint density at radius 2 is 1.51 bits per heavy atom. The van der Waals surface area contributed by atoms with Gasteiger partial charge in [-0.2, -0.15) is 5.10 Å². The highest BCUT2D eigenvalue weighted by Crippen LogP contribution is 2.72. The van der Waals surface area contributed by atoms with Crippen molar-refractivity contribution >= 4 is 103 Å². The number of carbonyl (C=O) groups excluding carboxylic acids is 8. The minimum Gasteiger partial charge on any atom is -0.481 e. The summed E-state index contributed by atoms with van der Waals surface area (Å²) in [6, 6.07) is 25.4. The van der Waals surface area contributed by atoms with Gasteiger partial charge in [0.2, 0.25) is 11.8 Å². The standard InChI is InChI=1S/C75H86N12O14S/c1-45(2)63(82-59(88)18-7-6-10-31-85-60(89)27-28-61(85)90)67(95)87(57(65(76)93)16-12-30-78-69(77)98)50-23-19-47(20-24-50)37-100-71(99)84(32-29-62(91)92)33-34-101-75-41-72(4)38-73(5,42-75)40-74(39-72,43-75)44-86-46(3)54(36-79-86)51-25-26-55(80-64(51)68(96)97)49-22-21-48-13-11-14-52(53(48)35-49)66(94)83-70-81-56-15-8-9-17-58(56)102-70/h8-9,11,13-15,17,19-28,35-36,45,57,63H,6-7,10,12,16,18,29-34,37-44H2,1-5H3,(H2,76,93)(H,82,88)(H,91,92)(H,96,97)(H3,77,78,98)(H,81,83,94)/t57-,63-,72?,73?,74?,75?/m0/s1. The molecule has 4 saturated carbocycles. The number of anilines is 2. The molecule has 3 aromatic heterocycles. The highest BCUT2D eigenvalue weighted by atomic mass is 32.1. The quantitative estimate of drug-likeness (QED) is 0.0152. The van der Waals surface area contributed by atoms with Crippen LogP contribution in [0.1, 0.15) is 143 Å². The number of imide groups is 1. The van der Waals surface area contributed by atoms with E-state index in [9.17, 15) is 58.2 Å². The summed E-state index contributed by atoms with van der Waals surface area (Å²) in [5, 5.41) is 35.7. The van der Waals surface area contributed by atoms with Crippen LogP contribution in [0.4, 0.5) is 20.4 Å². The number of hydrogen-bond acceptors (Lipinski definition) is 16. The average Bonchev–Trinajstić information content (AvgIpc) is 0.716. The molecule has 9 N–H and O–H groups in total. The van der Waals surface area contributed by atoms with Crippen LogP contribution in [0.15, 0.2) is 115 Å². The summed E-state index contributed by atoms with van der Waals surface area (Å²) in [6.07, 6.45) is 9.68. The maximum absolute atomic E-state index is 14.8.